The van der Waals surface area contributed by atoms with Crippen molar-refractivity contribution in [3.8, 4) is 0 Å². The summed E-state index contributed by atoms with van der Waals surface area (Å²) in [6.45, 7) is 5.90. The second-order valence-electron chi connectivity index (χ2n) is 4.32. The molecule has 0 aliphatic carbocycles. The lowest BCUT2D eigenvalue weighted by molar-refractivity contribution is 0.0523. The third kappa shape index (κ3) is 4.61. The summed E-state index contributed by atoms with van der Waals surface area (Å²) in [5.74, 6) is 0. The number of hydrogen-bond acceptors (Lipinski definition) is 3. The zero-order valence-electron chi connectivity index (χ0n) is 9.58. The molecule has 0 fully saturated rings. The number of amides is 1. The fraction of sp³-hybridized carbons (Fsp3) is 0.455. The average molecular weight is 287 g/mol. The lowest BCUT2D eigenvalue weighted by Gasteiger charge is -2.19. The van der Waals surface area contributed by atoms with Crippen LogP contribution >= 0.6 is 15.9 Å². The van der Waals surface area contributed by atoms with Crippen LogP contribution in [0.25, 0.3) is 0 Å². The molecule has 1 N–H and O–H groups in total. The molecule has 0 unspecified atom stereocenters. The molecule has 1 rings (SSSR count). The summed E-state index contributed by atoms with van der Waals surface area (Å²) in [4.78, 5) is 15.3. The first kappa shape index (κ1) is 13.0. The molecule has 0 spiro atoms. The van der Waals surface area contributed by atoms with E-state index in [0.717, 1.165) is 10.0 Å². The van der Waals surface area contributed by atoms with Gasteiger partial charge in [-0.3, -0.25) is 4.98 Å². The molecule has 1 amide bonds. The zero-order chi connectivity index (χ0) is 12.2. The highest BCUT2D eigenvalue weighted by Gasteiger charge is 2.15. The van der Waals surface area contributed by atoms with Gasteiger partial charge in [-0.2, -0.15) is 0 Å². The summed E-state index contributed by atoms with van der Waals surface area (Å²) in [7, 11) is 0. The van der Waals surface area contributed by atoms with Gasteiger partial charge in [0.25, 0.3) is 0 Å². The van der Waals surface area contributed by atoms with Crippen LogP contribution in [0.2, 0.25) is 0 Å². The maximum Gasteiger partial charge on any atom is 0.407 e. The Morgan fingerprint density at radius 1 is 1.56 bits per heavy atom. The van der Waals surface area contributed by atoms with E-state index in [-0.39, 0.29) is 0 Å². The molecule has 0 saturated heterocycles. The van der Waals surface area contributed by atoms with Crippen molar-refractivity contribution in [3.05, 3.63) is 28.5 Å². The van der Waals surface area contributed by atoms with Crippen molar-refractivity contribution in [2.75, 3.05) is 0 Å². The number of carbonyl (C=O) groups excluding carboxylic acids is 1. The molecule has 88 valence electrons. The van der Waals surface area contributed by atoms with E-state index in [0.29, 0.717) is 6.54 Å². The minimum Gasteiger partial charge on any atom is -0.444 e. The predicted molar refractivity (Wildman–Crippen MR) is 65.0 cm³/mol. The molecule has 0 bridgehead atoms. The van der Waals surface area contributed by atoms with Crippen molar-refractivity contribution in [2.45, 2.75) is 32.9 Å². The number of pyridine rings is 1. The smallest absolute Gasteiger partial charge is 0.407 e. The molecule has 0 saturated carbocycles. The van der Waals surface area contributed by atoms with Crippen LogP contribution in [0.3, 0.4) is 0 Å². The Hall–Kier alpha value is -1.10. The van der Waals surface area contributed by atoms with Crippen molar-refractivity contribution in [2.24, 2.45) is 0 Å². The number of nitrogens with zero attached hydrogens (tertiary/aromatic N) is 1. The van der Waals surface area contributed by atoms with Crippen molar-refractivity contribution >= 4 is 22.0 Å². The molecule has 1 heterocycles. The van der Waals surface area contributed by atoms with Crippen LogP contribution in [0.5, 0.6) is 0 Å². The first-order chi connectivity index (χ1) is 7.38. The molecule has 4 nitrogen and oxygen atoms in total. The molecule has 0 aromatic carbocycles. The number of carbonyl (C=O) groups is 1. The highest BCUT2D eigenvalue weighted by molar-refractivity contribution is 9.10. The van der Waals surface area contributed by atoms with E-state index < -0.39 is 11.7 Å². The maximum absolute atomic E-state index is 11.4. The Balaban J connectivity index is 2.47. The highest BCUT2D eigenvalue weighted by atomic mass is 79.9. The lowest BCUT2D eigenvalue weighted by atomic mass is 10.2. The number of hydrogen-bond donors (Lipinski definition) is 1. The van der Waals surface area contributed by atoms with Gasteiger partial charge < -0.3 is 10.1 Å². The van der Waals surface area contributed by atoms with E-state index in [1.54, 1.807) is 12.4 Å². The fourth-order valence-electron chi connectivity index (χ4n) is 1.03. The molecule has 1 aromatic rings. The van der Waals surface area contributed by atoms with Gasteiger partial charge in [-0.05, 0) is 48.3 Å². The van der Waals surface area contributed by atoms with Crippen LogP contribution in [0, 0.1) is 0 Å². The first-order valence-electron chi connectivity index (χ1n) is 4.94. The summed E-state index contributed by atoms with van der Waals surface area (Å²) >= 11 is 3.35. The Labute approximate surface area is 104 Å². The van der Waals surface area contributed by atoms with E-state index in [1.165, 1.54) is 0 Å². The largest absolute Gasteiger partial charge is 0.444 e. The van der Waals surface area contributed by atoms with Gasteiger partial charge in [0.15, 0.2) is 0 Å². The maximum atomic E-state index is 11.4. The van der Waals surface area contributed by atoms with Crippen LogP contribution < -0.4 is 5.32 Å². The van der Waals surface area contributed by atoms with E-state index in [4.69, 9.17) is 4.74 Å². The summed E-state index contributed by atoms with van der Waals surface area (Å²) in [6, 6.07) is 1.83. The predicted octanol–water partition coefficient (Wildman–Crippen LogP) is 2.87. The van der Waals surface area contributed by atoms with Gasteiger partial charge in [0.1, 0.15) is 5.60 Å². The molecule has 5 heteroatoms. The summed E-state index contributed by atoms with van der Waals surface area (Å²) in [5.41, 5.74) is 0.486. The van der Waals surface area contributed by atoms with Crippen molar-refractivity contribution in [3.63, 3.8) is 0 Å². The Bertz CT molecular complexity index is 374. The van der Waals surface area contributed by atoms with Gasteiger partial charge in [-0.1, -0.05) is 0 Å². The van der Waals surface area contributed by atoms with Gasteiger partial charge in [-0.15, -0.1) is 0 Å². The summed E-state index contributed by atoms with van der Waals surface area (Å²) in [5, 5.41) is 2.68. The van der Waals surface area contributed by atoms with E-state index in [1.807, 2.05) is 26.8 Å². The lowest BCUT2D eigenvalue weighted by Crippen LogP contribution is -2.32. The zero-order valence-corrected chi connectivity index (χ0v) is 11.2. The topological polar surface area (TPSA) is 51.2 Å². The van der Waals surface area contributed by atoms with Crippen molar-refractivity contribution in [1.82, 2.24) is 10.3 Å². The van der Waals surface area contributed by atoms with Crippen LogP contribution in [0.4, 0.5) is 4.79 Å². The van der Waals surface area contributed by atoms with Crippen molar-refractivity contribution in [1.29, 1.82) is 0 Å². The second kappa shape index (κ2) is 5.30. The average Bonchev–Trinajstić information content (AvgIpc) is 2.14. The number of rotatable bonds is 2. The molecule has 0 radical (unpaired) electrons. The summed E-state index contributed by atoms with van der Waals surface area (Å²) in [6.07, 6.45) is 2.94. The third-order valence-electron chi connectivity index (χ3n) is 1.68. The normalized spacial score (nSPS) is 11.0. The number of aromatic nitrogens is 1. The Morgan fingerprint density at radius 2 is 2.25 bits per heavy atom. The molecular formula is C11H15BrN2O2. The SMILES string of the molecule is CC(C)(C)OC(=O)NCc1ccncc1Br. The van der Waals surface area contributed by atoms with Gasteiger partial charge in [0.05, 0.1) is 0 Å². The standard InChI is InChI=1S/C11H15BrN2O2/c1-11(2,3)16-10(15)14-6-8-4-5-13-7-9(8)12/h4-5,7H,6H2,1-3H3,(H,14,15). The van der Waals surface area contributed by atoms with Crippen molar-refractivity contribution < 1.29 is 9.53 Å². The molecule has 0 atom stereocenters. The van der Waals surface area contributed by atoms with Gasteiger partial charge in [0, 0.05) is 23.4 Å². The first-order valence-corrected chi connectivity index (χ1v) is 5.73. The molecule has 1 aromatic heterocycles. The monoisotopic (exact) mass is 286 g/mol. The summed E-state index contributed by atoms with van der Waals surface area (Å²) < 4.78 is 5.99. The minimum absolute atomic E-state index is 0.415. The molecule has 0 aliphatic rings. The van der Waals surface area contributed by atoms with E-state index in [2.05, 4.69) is 26.2 Å². The number of nitrogens with one attached hydrogen (secondary N) is 1. The molecule has 0 aliphatic heterocycles. The Morgan fingerprint density at radius 3 is 2.81 bits per heavy atom. The third-order valence-corrected chi connectivity index (χ3v) is 2.39. The van der Waals surface area contributed by atoms with Crippen LogP contribution in [-0.4, -0.2) is 16.7 Å². The van der Waals surface area contributed by atoms with Gasteiger partial charge in [-0.25, -0.2) is 4.79 Å². The van der Waals surface area contributed by atoms with E-state index in [9.17, 15) is 4.79 Å². The molecule has 16 heavy (non-hydrogen) atoms. The number of halogens is 1. The van der Waals surface area contributed by atoms with Crippen LogP contribution in [0.1, 0.15) is 26.3 Å². The molecular weight excluding hydrogens is 272 g/mol. The fourth-order valence-corrected chi connectivity index (χ4v) is 1.42. The Kier molecular flexibility index (Phi) is 4.29. The van der Waals surface area contributed by atoms with Gasteiger partial charge >= 0.3 is 6.09 Å². The van der Waals surface area contributed by atoms with E-state index >= 15 is 0 Å². The second-order valence-corrected chi connectivity index (χ2v) is 5.18. The number of alkyl carbamates (subject to hydrolysis) is 1. The van der Waals surface area contributed by atoms with Crippen LogP contribution in [-0.2, 0) is 11.3 Å². The minimum atomic E-state index is -0.473. The highest BCUT2D eigenvalue weighted by Crippen LogP contribution is 2.14. The quantitative estimate of drug-likeness (QED) is 0.910. The number of ether oxygens (including phenoxy) is 1. The van der Waals surface area contributed by atoms with Crippen LogP contribution in [0.15, 0.2) is 22.9 Å². The van der Waals surface area contributed by atoms with Gasteiger partial charge in [0.2, 0.25) is 0 Å².